The minimum atomic E-state index is -1.43. The number of carbonyl (C=O) groups excluding carboxylic acids is 2. The Kier molecular flexibility index (Phi) is 8.98. The van der Waals surface area contributed by atoms with Gasteiger partial charge in [0, 0.05) is 12.3 Å². The molecular weight excluding hydrogens is 408 g/mol. The number of aryl methyl sites for hydroxylation is 1. The maximum atomic E-state index is 13.1. The summed E-state index contributed by atoms with van der Waals surface area (Å²) in [6.07, 6.45) is -0.303. The van der Waals surface area contributed by atoms with E-state index in [2.05, 4.69) is 5.32 Å². The number of carbonyl (C=O) groups is 3. The molecule has 1 amide bonds. The Bertz CT molecular complexity index is 731. The molecule has 0 bridgehead atoms. The first-order valence-corrected chi connectivity index (χ1v) is 11.2. The van der Waals surface area contributed by atoms with E-state index in [-0.39, 0.29) is 12.5 Å². The Labute approximate surface area is 181 Å². The lowest BCUT2D eigenvalue weighted by Crippen LogP contribution is -2.62. The van der Waals surface area contributed by atoms with Crippen molar-refractivity contribution in [1.29, 1.82) is 0 Å². The predicted molar refractivity (Wildman–Crippen MR) is 114 cm³/mol. The van der Waals surface area contributed by atoms with Crippen LogP contribution in [0.5, 0.6) is 0 Å². The van der Waals surface area contributed by atoms with Crippen LogP contribution in [-0.2, 0) is 25.5 Å². The number of ether oxygens (including phenoxy) is 2. The van der Waals surface area contributed by atoms with Crippen molar-refractivity contribution < 1.29 is 29.0 Å². The molecule has 1 aliphatic heterocycles. The van der Waals surface area contributed by atoms with Crippen LogP contribution in [0, 0.1) is 0 Å². The molecule has 8 nitrogen and oxygen atoms in total. The lowest BCUT2D eigenvalue weighted by molar-refractivity contribution is -0.157. The van der Waals surface area contributed by atoms with Gasteiger partial charge in [-0.1, -0.05) is 30.3 Å². The molecule has 1 saturated heterocycles. The lowest BCUT2D eigenvalue weighted by Gasteiger charge is -2.43. The summed E-state index contributed by atoms with van der Waals surface area (Å²) in [4.78, 5) is 38.1. The summed E-state index contributed by atoms with van der Waals surface area (Å²) in [7, 11) is 0. The van der Waals surface area contributed by atoms with Crippen LogP contribution in [0.4, 0.5) is 4.79 Å². The highest BCUT2D eigenvalue weighted by molar-refractivity contribution is 7.99. The van der Waals surface area contributed by atoms with E-state index < -0.39 is 29.9 Å². The maximum absolute atomic E-state index is 13.1. The Morgan fingerprint density at radius 1 is 1.30 bits per heavy atom. The van der Waals surface area contributed by atoms with Crippen LogP contribution in [0.3, 0.4) is 0 Å². The molecule has 1 aromatic rings. The highest BCUT2D eigenvalue weighted by Crippen LogP contribution is 2.28. The van der Waals surface area contributed by atoms with Crippen molar-refractivity contribution in [3.63, 3.8) is 0 Å². The highest BCUT2D eigenvalue weighted by atomic mass is 32.2. The molecule has 3 atom stereocenters. The zero-order valence-electron chi connectivity index (χ0n) is 17.6. The normalized spacial score (nSPS) is 20.8. The first kappa shape index (κ1) is 24.0. The number of rotatable bonds is 9. The lowest BCUT2D eigenvalue weighted by atomic mass is 10.0. The number of hydrogen-bond acceptors (Lipinski definition) is 7. The maximum Gasteiger partial charge on any atom is 0.507 e. The first-order valence-electron chi connectivity index (χ1n) is 10.0. The van der Waals surface area contributed by atoms with Crippen LogP contribution in [0.2, 0.25) is 0 Å². The fourth-order valence-corrected chi connectivity index (χ4v) is 4.47. The summed E-state index contributed by atoms with van der Waals surface area (Å²) in [5.41, 5.74) is -0.159. The van der Waals surface area contributed by atoms with Crippen LogP contribution in [0.1, 0.15) is 32.8 Å². The monoisotopic (exact) mass is 438 g/mol. The van der Waals surface area contributed by atoms with Gasteiger partial charge < -0.3 is 19.5 Å². The molecule has 0 aliphatic carbocycles. The van der Waals surface area contributed by atoms with E-state index in [0.29, 0.717) is 30.9 Å². The smallest absolute Gasteiger partial charge is 0.465 e. The van der Waals surface area contributed by atoms with Gasteiger partial charge in [0.2, 0.25) is 5.91 Å². The van der Waals surface area contributed by atoms with E-state index in [1.165, 1.54) is 16.7 Å². The third-order valence-electron chi connectivity index (χ3n) is 4.93. The Morgan fingerprint density at radius 2 is 2.00 bits per heavy atom. The molecule has 30 heavy (non-hydrogen) atoms. The second-order valence-corrected chi connectivity index (χ2v) is 8.41. The van der Waals surface area contributed by atoms with Gasteiger partial charge in [-0.2, -0.15) is 11.8 Å². The molecule has 2 unspecified atom stereocenters. The molecule has 0 radical (unpaired) electrons. The Balaban J connectivity index is 2.08. The molecule has 9 heteroatoms. The van der Waals surface area contributed by atoms with Crippen LogP contribution >= 0.6 is 11.8 Å². The van der Waals surface area contributed by atoms with Gasteiger partial charge >= 0.3 is 12.1 Å². The van der Waals surface area contributed by atoms with E-state index in [4.69, 9.17) is 14.6 Å². The summed E-state index contributed by atoms with van der Waals surface area (Å²) < 4.78 is 10.2. The molecule has 166 valence electrons. The zero-order chi connectivity index (χ0) is 22.1. The number of amides is 1. The minimum Gasteiger partial charge on any atom is -0.465 e. The van der Waals surface area contributed by atoms with Gasteiger partial charge in [0.15, 0.2) is 5.72 Å². The molecule has 0 aromatic heterocycles. The third-order valence-corrected chi connectivity index (χ3v) is 6.14. The van der Waals surface area contributed by atoms with Gasteiger partial charge in [-0.05, 0) is 39.2 Å². The molecule has 0 saturated carbocycles. The van der Waals surface area contributed by atoms with E-state index in [0.717, 1.165) is 5.56 Å². The molecule has 1 fully saturated rings. The second kappa shape index (κ2) is 11.2. The van der Waals surface area contributed by atoms with Crippen molar-refractivity contribution in [3.05, 3.63) is 35.9 Å². The number of carboxylic acid groups (broad SMARTS) is 1. The molecular formula is C21H30N2O6S. The quantitative estimate of drug-likeness (QED) is 0.567. The summed E-state index contributed by atoms with van der Waals surface area (Å²) in [5, 5.41) is 12.2. The average molecular weight is 439 g/mol. The van der Waals surface area contributed by atoms with Gasteiger partial charge in [0.05, 0.1) is 18.4 Å². The predicted octanol–water partition coefficient (Wildman–Crippen LogP) is 2.52. The minimum absolute atomic E-state index is 0.249. The van der Waals surface area contributed by atoms with Crippen molar-refractivity contribution >= 4 is 29.8 Å². The van der Waals surface area contributed by atoms with Crippen molar-refractivity contribution in [2.24, 2.45) is 0 Å². The van der Waals surface area contributed by atoms with Crippen molar-refractivity contribution in [1.82, 2.24) is 10.2 Å². The molecule has 1 aromatic carbocycles. The van der Waals surface area contributed by atoms with E-state index in [1.54, 1.807) is 20.8 Å². The zero-order valence-corrected chi connectivity index (χ0v) is 18.4. The standard InChI is InChI=1S/C21H30N2O6S/c1-4-28-19(25)17(11-10-16-8-6-5-7-9-16)22-15(2)18(24)23-12-13-30-14-21(23,3)29-20(26)27/h5-9,15,17,22H,4,10-14H2,1-3H3,(H,26,27)/t15-,17?,21?/m0/s1. The van der Waals surface area contributed by atoms with Crippen LogP contribution in [-0.4, -0.2) is 70.5 Å². The van der Waals surface area contributed by atoms with Gasteiger partial charge in [-0.3, -0.25) is 14.9 Å². The molecule has 1 heterocycles. The first-order chi connectivity index (χ1) is 14.3. The van der Waals surface area contributed by atoms with Gasteiger partial charge in [0.25, 0.3) is 0 Å². The highest BCUT2D eigenvalue weighted by Gasteiger charge is 2.43. The summed E-state index contributed by atoms with van der Waals surface area (Å²) >= 11 is 1.53. The average Bonchev–Trinajstić information content (AvgIpc) is 2.70. The number of nitrogens with one attached hydrogen (secondary N) is 1. The molecule has 2 N–H and O–H groups in total. The number of benzene rings is 1. The van der Waals surface area contributed by atoms with Crippen molar-refractivity contribution in [3.8, 4) is 0 Å². The van der Waals surface area contributed by atoms with Gasteiger partial charge in [-0.15, -0.1) is 0 Å². The Morgan fingerprint density at radius 3 is 2.63 bits per heavy atom. The summed E-state index contributed by atoms with van der Waals surface area (Å²) in [5.74, 6) is 0.319. The largest absolute Gasteiger partial charge is 0.507 e. The summed E-state index contributed by atoms with van der Waals surface area (Å²) in [6.45, 7) is 5.61. The number of esters is 1. The number of nitrogens with zero attached hydrogens (tertiary/aromatic N) is 1. The fraction of sp³-hybridized carbons (Fsp3) is 0.571. The van der Waals surface area contributed by atoms with Gasteiger partial charge in [0.1, 0.15) is 6.04 Å². The van der Waals surface area contributed by atoms with Crippen molar-refractivity contribution in [2.45, 2.75) is 51.4 Å². The van der Waals surface area contributed by atoms with E-state index in [9.17, 15) is 14.4 Å². The summed E-state index contributed by atoms with van der Waals surface area (Å²) in [6, 6.07) is 8.40. The molecule has 2 rings (SSSR count). The van der Waals surface area contributed by atoms with Crippen LogP contribution < -0.4 is 5.32 Å². The van der Waals surface area contributed by atoms with E-state index >= 15 is 0 Å². The SMILES string of the molecule is CCOC(=O)C(CCc1ccccc1)N[C@@H](C)C(=O)N1CCSCC1(C)OC(=O)O. The fourth-order valence-electron chi connectivity index (χ4n) is 3.42. The van der Waals surface area contributed by atoms with Crippen LogP contribution in [0.15, 0.2) is 30.3 Å². The Hall–Kier alpha value is -2.26. The topological polar surface area (TPSA) is 105 Å². The molecule has 0 spiro atoms. The van der Waals surface area contributed by atoms with Gasteiger partial charge in [-0.25, -0.2) is 4.79 Å². The van der Waals surface area contributed by atoms with Crippen LogP contribution in [0.25, 0.3) is 0 Å². The third kappa shape index (κ3) is 6.63. The number of hydrogen-bond donors (Lipinski definition) is 2. The van der Waals surface area contributed by atoms with E-state index in [1.807, 2.05) is 30.3 Å². The molecule has 1 aliphatic rings. The second-order valence-electron chi connectivity index (χ2n) is 7.30. The number of thioether (sulfide) groups is 1. The van der Waals surface area contributed by atoms with Crippen molar-refractivity contribution in [2.75, 3.05) is 24.7 Å².